The third kappa shape index (κ3) is 3.22. The second kappa shape index (κ2) is 5.96. The van der Waals surface area contributed by atoms with Crippen LogP contribution in [0.1, 0.15) is 16.8 Å². The zero-order chi connectivity index (χ0) is 16.5. The minimum Gasteiger partial charge on any atom is -0.496 e. The Morgan fingerprint density at radius 1 is 1.36 bits per heavy atom. The number of sulfone groups is 1. The summed E-state index contributed by atoms with van der Waals surface area (Å²) in [6.45, 7) is 0.433. The molecule has 1 amide bonds. The Bertz CT molecular complexity index is 712. The minimum atomic E-state index is -3.45. The van der Waals surface area contributed by atoms with E-state index < -0.39 is 27.6 Å². The number of likely N-dealkylation sites (tertiary alicyclic amines) is 1. The van der Waals surface area contributed by atoms with Gasteiger partial charge in [0.15, 0.2) is 9.84 Å². The van der Waals surface area contributed by atoms with Gasteiger partial charge >= 0.3 is 5.97 Å². The maximum atomic E-state index is 12.5. The molecule has 1 aliphatic rings. The number of carbonyl (C=O) groups excluding carboxylic acids is 1. The monoisotopic (exact) mass is 327 g/mol. The molecule has 0 bridgehead atoms. The van der Waals surface area contributed by atoms with Gasteiger partial charge in [0, 0.05) is 19.3 Å². The molecule has 1 fully saturated rings. The lowest BCUT2D eigenvalue weighted by Crippen LogP contribution is -2.30. The Morgan fingerprint density at radius 3 is 2.55 bits per heavy atom. The van der Waals surface area contributed by atoms with E-state index in [1.807, 2.05) is 0 Å². The predicted octanol–water partition coefficient (Wildman–Crippen LogP) is 0.645. The van der Waals surface area contributed by atoms with Gasteiger partial charge in [0.05, 0.1) is 23.5 Å². The number of carboxylic acid groups (broad SMARTS) is 1. The zero-order valence-electron chi connectivity index (χ0n) is 12.3. The molecule has 7 nitrogen and oxygen atoms in total. The number of hydrogen-bond donors (Lipinski definition) is 1. The lowest BCUT2D eigenvalue weighted by Gasteiger charge is -2.18. The van der Waals surface area contributed by atoms with E-state index in [4.69, 9.17) is 9.84 Å². The van der Waals surface area contributed by atoms with Gasteiger partial charge in [0.25, 0.3) is 5.91 Å². The number of nitrogens with zero attached hydrogens (tertiary/aromatic N) is 1. The molecule has 1 aromatic carbocycles. The molecule has 120 valence electrons. The summed E-state index contributed by atoms with van der Waals surface area (Å²) in [5.74, 6) is -1.69. The van der Waals surface area contributed by atoms with Crippen molar-refractivity contribution in [3.8, 4) is 5.75 Å². The summed E-state index contributed by atoms with van der Waals surface area (Å²) in [6.07, 6.45) is 1.44. The molecule has 2 rings (SSSR count). The maximum Gasteiger partial charge on any atom is 0.308 e. The highest BCUT2D eigenvalue weighted by Gasteiger charge is 2.32. The summed E-state index contributed by atoms with van der Waals surface area (Å²) in [7, 11) is -2.07. The number of aliphatic carboxylic acids is 1. The molecule has 0 aromatic heterocycles. The fraction of sp³-hybridized carbons (Fsp3) is 0.429. The van der Waals surface area contributed by atoms with Crippen molar-refractivity contribution < 1.29 is 27.9 Å². The average Bonchev–Trinajstić information content (AvgIpc) is 2.94. The fourth-order valence-corrected chi connectivity index (χ4v) is 3.05. The highest BCUT2D eigenvalue weighted by atomic mass is 32.2. The van der Waals surface area contributed by atoms with Gasteiger partial charge in [-0.3, -0.25) is 9.59 Å². The summed E-state index contributed by atoms with van der Waals surface area (Å²) < 4.78 is 28.4. The van der Waals surface area contributed by atoms with Crippen LogP contribution in [0, 0.1) is 5.92 Å². The number of benzene rings is 1. The van der Waals surface area contributed by atoms with Gasteiger partial charge in [0.2, 0.25) is 0 Å². The number of amides is 1. The van der Waals surface area contributed by atoms with E-state index in [0.717, 1.165) is 6.26 Å². The Labute approximate surface area is 128 Å². The van der Waals surface area contributed by atoms with Gasteiger partial charge in [-0.15, -0.1) is 0 Å². The standard InChI is InChI=1S/C14H17NO6S/c1-21-12-4-3-10(22(2,19)20)7-11(12)13(16)15-6-5-9(8-15)14(17)18/h3-4,7,9H,5-6,8H2,1-2H3,(H,17,18). The maximum absolute atomic E-state index is 12.5. The van der Waals surface area contributed by atoms with Crippen LogP contribution in [0.2, 0.25) is 0 Å². The summed E-state index contributed by atoms with van der Waals surface area (Å²) >= 11 is 0. The minimum absolute atomic E-state index is 0.0191. The van der Waals surface area contributed by atoms with Crippen LogP contribution in [0.5, 0.6) is 5.75 Å². The van der Waals surface area contributed by atoms with Crippen molar-refractivity contribution in [3.63, 3.8) is 0 Å². The van der Waals surface area contributed by atoms with Crippen LogP contribution < -0.4 is 4.74 Å². The topological polar surface area (TPSA) is 101 Å². The van der Waals surface area contributed by atoms with Crippen LogP contribution in [0.4, 0.5) is 0 Å². The van der Waals surface area contributed by atoms with Crippen molar-refractivity contribution >= 4 is 21.7 Å². The molecular weight excluding hydrogens is 310 g/mol. The van der Waals surface area contributed by atoms with Gasteiger partial charge < -0.3 is 14.7 Å². The lowest BCUT2D eigenvalue weighted by atomic mass is 10.1. The van der Waals surface area contributed by atoms with E-state index >= 15 is 0 Å². The molecule has 1 heterocycles. The molecule has 0 aliphatic carbocycles. The summed E-state index contributed by atoms with van der Waals surface area (Å²) in [5.41, 5.74) is 0.122. The Balaban J connectivity index is 2.34. The van der Waals surface area contributed by atoms with Gasteiger partial charge in [-0.1, -0.05) is 0 Å². The van der Waals surface area contributed by atoms with Crippen LogP contribution in [0.25, 0.3) is 0 Å². The third-order valence-electron chi connectivity index (χ3n) is 3.65. The van der Waals surface area contributed by atoms with Gasteiger partial charge in [-0.05, 0) is 24.6 Å². The summed E-state index contributed by atoms with van der Waals surface area (Å²) in [4.78, 5) is 24.9. The van der Waals surface area contributed by atoms with Gasteiger partial charge in [-0.25, -0.2) is 8.42 Å². The van der Waals surface area contributed by atoms with Gasteiger partial charge in [-0.2, -0.15) is 0 Å². The number of carboxylic acids is 1. The van der Waals surface area contributed by atoms with Crippen LogP contribution >= 0.6 is 0 Å². The predicted molar refractivity (Wildman–Crippen MR) is 77.8 cm³/mol. The first-order chi connectivity index (χ1) is 10.2. The summed E-state index contributed by atoms with van der Waals surface area (Å²) in [6, 6.07) is 4.06. The normalized spacial score (nSPS) is 18.3. The van der Waals surface area contributed by atoms with Crippen molar-refractivity contribution in [1.29, 1.82) is 0 Å². The molecule has 1 aliphatic heterocycles. The van der Waals surface area contributed by atoms with Crippen molar-refractivity contribution in [2.75, 3.05) is 26.5 Å². The molecule has 1 unspecified atom stereocenters. The Morgan fingerprint density at radius 2 is 2.05 bits per heavy atom. The number of ether oxygens (including phenoxy) is 1. The van der Waals surface area contributed by atoms with Crippen LogP contribution in [0.3, 0.4) is 0 Å². The number of rotatable bonds is 4. The van der Waals surface area contributed by atoms with E-state index in [-0.39, 0.29) is 22.8 Å². The molecular formula is C14H17NO6S. The fourth-order valence-electron chi connectivity index (χ4n) is 2.40. The molecule has 1 N–H and O–H groups in total. The Kier molecular flexibility index (Phi) is 4.41. The molecule has 0 saturated carbocycles. The smallest absolute Gasteiger partial charge is 0.308 e. The van der Waals surface area contributed by atoms with Gasteiger partial charge in [0.1, 0.15) is 5.75 Å². The van der Waals surface area contributed by atoms with Crippen LogP contribution in [-0.2, 0) is 14.6 Å². The van der Waals surface area contributed by atoms with E-state index in [1.54, 1.807) is 0 Å². The second-order valence-corrected chi connectivity index (χ2v) is 7.22. The lowest BCUT2D eigenvalue weighted by molar-refractivity contribution is -0.141. The SMILES string of the molecule is COc1ccc(S(C)(=O)=O)cc1C(=O)N1CCC(C(=O)O)C1. The largest absolute Gasteiger partial charge is 0.496 e. The molecule has 1 aromatic rings. The highest BCUT2D eigenvalue weighted by molar-refractivity contribution is 7.90. The first-order valence-corrected chi connectivity index (χ1v) is 8.53. The van der Waals surface area contributed by atoms with E-state index in [2.05, 4.69) is 0 Å². The quantitative estimate of drug-likeness (QED) is 0.871. The molecule has 22 heavy (non-hydrogen) atoms. The first-order valence-electron chi connectivity index (χ1n) is 6.64. The van der Waals surface area contributed by atoms with Crippen molar-refractivity contribution in [2.45, 2.75) is 11.3 Å². The molecule has 0 spiro atoms. The van der Waals surface area contributed by atoms with Crippen molar-refractivity contribution in [1.82, 2.24) is 4.90 Å². The average molecular weight is 327 g/mol. The highest BCUT2D eigenvalue weighted by Crippen LogP contribution is 2.26. The number of methoxy groups -OCH3 is 1. The number of carbonyl (C=O) groups is 2. The molecule has 8 heteroatoms. The molecule has 0 radical (unpaired) electrons. The van der Waals surface area contributed by atoms with Crippen LogP contribution in [-0.4, -0.2) is 56.8 Å². The van der Waals surface area contributed by atoms with E-state index in [1.165, 1.54) is 30.2 Å². The zero-order valence-corrected chi connectivity index (χ0v) is 13.1. The molecule has 1 saturated heterocycles. The number of hydrogen-bond acceptors (Lipinski definition) is 5. The Hall–Kier alpha value is -2.09. The van der Waals surface area contributed by atoms with E-state index in [9.17, 15) is 18.0 Å². The van der Waals surface area contributed by atoms with Crippen molar-refractivity contribution in [3.05, 3.63) is 23.8 Å². The summed E-state index contributed by atoms with van der Waals surface area (Å²) in [5, 5.41) is 8.99. The first kappa shape index (κ1) is 16.3. The van der Waals surface area contributed by atoms with E-state index in [0.29, 0.717) is 13.0 Å². The third-order valence-corrected chi connectivity index (χ3v) is 4.76. The molecule has 1 atom stereocenters. The van der Waals surface area contributed by atoms with Crippen LogP contribution in [0.15, 0.2) is 23.1 Å². The van der Waals surface area contributed by atoms with Crippen molar-refractivity contribution in [2.24, 2.45) is 5.92 Å². The second-order valence-electron chi connectivity index (χ2n) is 5.21.